The van der Waals surface area contributed by atoms with Crippen LogP contribution in [0.15, 0.2) is 29.2 Å². The largest absolute Gasteiger partial charge is 0.503 e. The van der Waals surface area contributed by atoms with E-state index in [0.717, 1.165) is 11.8 Å². The Bertz CT molecular complexity index is 1130. The molecule has 7 nitrogen and oxygen atoms in total. The number of rotatable bonds is 4. The molecule has 0 saturated carbocycles. The Hall–Kier alpha value is -3.23. The number of alkyl halides is 1. The number of benzene rings is 1. The summed E-state index contributed by atoms with van der Waals surface area (Å²) in [5.74, 6) is -2.77. The van der Waals surface area contributed by atoms with Crippen LogP contribution < -0.4 is 10.7 Å². The Morgan fingerprint density at radius 3 is 2.77 bits per heavy atom. The predicted molar refractivity (Wildman–Crippen MR) is 108 cm³/mol. The molecule has 2 aliphatic rings. The number of nitrogens with zero attached hydrogens (tertiary/aromatic N) is 2. The smallest absolute Gasteiger partial charge is 0.274 e. The molecule has 0 spiro atoms. The zero-order valence-electron chi connectivity index (χ0n) is 17.1. The van der Waals surface area contributed by atoms with Crippen molar-refractivity contribution in [2.45, 2.75) is 38.3 Å². The monoisotopic (exact) mass is 431 g/mol. The first-order valence-electron chi connectivity index (χ1n) is 10.1. The summed E-state index contributed by atoms with van der Waals surface area (Å²) in [7, 11) is 0. The average molecular weight is 431 g/mol. The predicted octanol–water partition coefficient (Wildman–Crippen LogP) is 2.24. The van der Waals surface area contributed by atoms with Crippen LogP contribution in [0.3, 0.4) is 0 Å². The molecule has 2 aromatic rings. The summed E-state index contributed by atoms with van der Waals surface area (Å²) in [6.45, 7) is 1.26. The Labute approximate surface area is 177 Å². The van der Waals surface area contributed by atoms with E-state index < -0.39 is 46.6 Å². The maximum atomic E-state index is 14.3. The summed E-state index contributed by atoms with van der Waals surface area (Å²) in [5.41, 5.74) is -1.93. The average Bonchev–Trinajstić information content (AvgIpc) is 2.95. The van der Waals surface area contributed by atoms with Crippen LogP contribution in [0, 0.1) is 12.7 Å². The number of aromatic hydroxyl groups is 1. The highest BCUT2D eigenvalue weighted by Crippen LogP contribution is 2.37. The lowest BCUT2D eigenvalue weighted by Crippen LogP contribution is -2.55. The molecule has 9 heteroatoms. The van der Waals surface area contributed by atoms with E-state index in [1.807, 2.05) is 0 Å². The molecule has 164 valence electrons. The standard InChI is InChI=1S/C22H23F2N3O4/c1-13-4-5-14(16(24)8-13)9-25-20(30)15-10-27-17(19(29)18(15)28)21(31)26-7-3-2-6-22(27,11-23)12-26/h4-5,8,10,29H,2-3,6-7,9,11-12H2,1H3,(H,25,30)/t22-/m1/s1. The lowest BCUT2D eigenvalue weighted by atomic mass is 9.91. The van der Waals surface area contributed by atoms with Crippen LogP contribution in [0.1, 0.15) is 51.2 Å². The van der Waals surface area contributed by atoms with E-state index >= 15 is 0 Å². The SMILES string of the molecule is Cc1ccc(CNC(=O)c2cn3c(c(O)c2=O)C(=O)N2CCCC[C@@]3(CF)C2)c(F)c1. The second kappa shape index (κ2) is 7.79. The number of fused-ring (bicyclic) bond motifs is 4. The van der Waals surface area contributed by atoms with Gasteiger partial charge in [-0.1, -0.05) is 12.1 Å². The minimum absolute atomic E-state index is 0.104. The van der Waals surface area contributed by atoms with Crippen LogP contribution in [-0.4, -0.2) is 46.2 Å². The second-order valence-electron chi connectivity index (χ2n) is 8.26. The van der Waals surface area contributed by atoms with Crippen LogP contribution in [0.25, 0.3) is 0 Å². The van der Waals surface area contributed by atoms with E-state index in [-0.39, 0.29) is 24.3 Å². The molecule has 31 heavy (non-hydrogen) atoms. The number of amides is 2. The maximum Gasteiger partial charge on any atom is 0.274 e. The molecule has 0 unspecified atom stereocenters. The molecule has 1 saturated heterocycles. The molecule has 1 aromatic carbocycles. The van der Waals surface area contributed by atoms with Gasteiger partial charge in [-0.2, -0.15) is 0 Å². The van der Waals surface area contributed by atoms with E-state index in [4.69, 9.17) is 0 Å². The summed E-state index contributed by atoms with van der Waals surface area (Å²) in [5, 5.41) is 13.0. The van der Waals surface area contributed by atoms with Gasteiger partial charge in [0.2, 0.25) is 5.43 Å². The molecule has 3 heterocycles. The highest BCUT2D eigenvalue weighted by atomic mass is 19.1. The van der Waals surface area contributed by atoms with E-state index in [0.29, 0.717) is 25.8 Å². The Kier molecular flexibility index (Phi) is 5.28. The van der Waals surface area contributed by atoms with Gasteiger partial charge in [-0.25, -0.2) is 8.78 Å². The molecule has 2 amide bonds. The highest BCUT2D eigenvalue weighted by molar-refractivity contribution is 5.99. The summed E-state index contributed by atoms with van der Waals surface area (Å²) in [6, 6.07) is 4.55. The zero-order valence-corrected chi connectivity index (χ0v) is 17.1. The van der Waals surface area contributed by atoms with E-state index in [9.17, 15) is 28.3 Å². The molecule has 0 radical (unpaired) electrons. The molecular formula is C22H23F2N3O4. The second-order valence-corrected chi connectivity index (χ2v) is 8.26. The minimum Gasteiger partial charge on any atom is -0.503 e. The van der Waals surface area contributed by atoms with Gasteiger partial charge in [0.25, 0.3) is 11.8 Å². The Morgan fingerprint density at radius 1 is 1.29 bits per heavy atom. The van der Waals surface area contributed by atoms with E-state index in [1.165, 1.54) is 21.6 Å². The van der Waals surface area contributed by atoms with Gasteiger partial charge in [0.1, 0.15) is 18.1 Å². The molecule has 0 aliphatic carbocycles. The fourth-order valence-electron chi connectivity index (χ4n) is 4.37. The first kappa shape index (κ1) is 21.0. The van der Waals surface area contributed by atoms with E-state index in [2.05, 4.69) is 5.32 Å². The van der Waals surface area contributed by atoms with Crippen LogP contribution in [-0.2, 0) is 12.1 Å². The van der Waals surface area contributed by atoms with Crippen molar-refractivity contribution in [3.63, 3.8) is 0 Å². The lowest BCUT2D eigenvalue weighted by molar-refractivity contribution is 0.0516. The number of pyridine rings is 1. The number of aryl methyl sites for hydroxylation is 1. The Balaban J connectivity index is 1.73. The third-order valence-electron chi connectivity index (χ3n) is 6.13. The fourth-order valence-corrected chi connectivity index (χ4v) is 4.37. The van der Waals surface area contributed by atoms with Crippen molar-refractivity contribution in [3.8, 4) is 5.75 Å². The first-order chi connectivity index (χ1) is 14.8. The van der Waals surface area contributed by atoms with Gasteiger partial charge in [-0.15, -0.1) is 0 Å². The van der Waals surface area contributed by atoms with Crippen molar-refractivity contribution in [1.29, 1.82) is 0 Å². The summed E-state index contributed by atoms with van der Waals surface area (Å²) in [4.78, 5) is 39.7. The van der Waals surface area contributed by atoms with E-state index in [1.54, 1.807) is 13.0 Å². The fraction of sp³-hybridized carbons (Fsp3) is 0.409. The topological polar surface area (TPSA) is 91.6 Å². The van der Waals surface area contributed by atoms with Crippen molar-refractivity contribution in [1.82, 2.24) is 14.8 Å². The lowest BCUT2D eigenvalue weighted by Gasteiger charge is -2.42. The molecule has 1 fully saturated rings. The van der Waals surface area contributed by atoms with Gasteiger partial charge >= 0.3 is 0 Å². The quantitative estimate of drug-likeness (QED) is 0.777. The third kappa shape index (κ3) is 3.47. The highest BCUT2D eigenvalue weighted by Gasteiger charge is 2.46. The minimum atomic E-state index is -1.15. The third-order valence-corrected chi connectivity index (χ3v) is 6.13. The van der Waals surface area contributed by atoms with Gasteiger partial charge in [-0.05, 0) is 37.8 Å². The van der Waals surface area contributed by atoms with Gasteiger partial charge in [0, 0.05) is 31.4 Å². The molecule has 1 aromatic heterocycles. The molecule has 4 rings (SSSR count). The summed E-state index contributed by atoms with van der Waals surface area (Å²) in [6.07, 6.45) is 2.90. The van der Waals surface area contributed by atoms with Crippen LogP contribution in [0.4, 0.5) is 8.78 Å². The number of halogens is 2. The molecule has 2 aliphatic heterocycles. The summed E-state index contributed by atoms with van der Waals surface area (Å²) >= 11 is 0. The summed E-state index contributed by atoms with van der Waals surface area (Å²) < 4.78 is 29.6. The van der Waals surface area contributed by atoms with Crippen molar-refractivity contribution in [3.05, 3.63) is 62.8 Å². The number of hydrogen-bond acceptors (Lipinski definition) is 4. The van der Waals surface area contributed by atoms with Gasteiger partial charge in [0.15, 0.2) is 11.4 Å². The van der Waals surface area contributed by atoms with Crippen molar-refractivity contribution >= 4 is 11.8 Å². The normalized spacial score (nSPS) is 20.2. The maximum absolute atomic E-state index is 14.3. The van der Waals surface area contributed by atoms with Crippen LogP contribution in [0.5, 0.6) is 5.75 Å². The van der Waals surface area contributed by atoms with Crippen LogP contribution >= 0.6 is 0 Å². The van der Waals surface area contributed by atoms with Gasteiger partial charge < -0.3 is 19.9 Å². The van der Waals surface area contributed by atoms with Crippen molar-refractivity contribution < 1.29 is 23.5 Å². The van der Waals surface area contributed by atoms with Gasteiger partial charge in [0.05, 0.1) is 5.54 Å². The number of carbonyl (C=O) groups is 2. The number of hydrogen-bond donors (Lipinski definition) is 2. The van der Waals surface area contributed by atoms with Crippen LogP contribution in [0.2, 0.25) is 0 Å². The first-order valence-corrected chi connectivity index (χ1v) is 10.1. The number of nitrogens with one attached hydrogen (secondary N) is 1. The molecule has 2 bridgehead atoms. The van der Waals surface area contributed by atoms with Gasteiger partial charge in [-0.3, -0.25) is 14.4 Å². The zero-order chi connectivity index (χ0) is 22.3. The molecule has 2 N–H and O–H groups in total. The van der Waals surface area contributed by atoms with Crippen molar-refractivity contribution in [2.24, 2.45) is 0 Å². The number of aromatic nitrogens is 1. The molecule has 1 atom stereocenters. The van der Waals surface area contributed by atoms with Crippen molar-refractivity contribution in [2.75, 3.05) is 19.8 Å². The Morgan fingerprint density at radius 2 is 2.06 bits per heavy atom. The number of carbonyl (C=O) groups excluding carboxylic acids is 2. The molecular weight excluding hydrogens is 408 g/mol.